The van der Waals surface area contributed by atoms with Crippen molar-refractivity contribution in [2.75, 3.05) is 39.0 Å². The zero-order valence-corrected chi connectivity index (χ0v) is 20.2. The summed E-state index contributed by atoms with van der Waals surface area (Å²) < 4.78 is 39.8. The number of rotatable bonds is 6. The smallest absolute Gasteiger partial charge is 0.352 e. The number of nitrogens with one attached hydrogen (secondary N) is 2. The second-order valence-electron chi connectivity index (χ2n) is 9.25. The molecule has 0 bridgehead atoms. The number of likely N-dealkylation sites (N-methyl/N-ethyl adjacent to an activating group) is 1. The number of fused-ring (bicyclic) bond motifs is 1. The Kier molecular flexibility index (Phi) is 7.12. The summed E-state index contributed by atoms with van der Waals surface area (Å²) in [7, 11) is 3.73. The van der Waals surface area contributed by atoms with Gasteiger partial charge in [-0.1, -0.05) is 0 Å². The van der Waals surface area contributed by atoms with Crippen molar-refractivity contribution in [3.05, 3.63) is 41.6 Å². The molecule has 2 N–H and O–H groups in total. The molecule has 0 saturated carbocycles. The van der Waals surface area contributed by atoms with Gasteiger partial charge in [-0.05, 0) is 45.8 Å². The van der Waals surface area contributed by atoms with Crippen LogP contribution in [-0.2, 0) is 11.0 Å². The third-order valence-electron chi connectivity index (χ3n) is 6.41. The van der Waals surface area contributed by atoms with E-state index in [1.54, 1.807) is 0 Å². The lowest BCUT2D eigenvalue weighted by molar-refractivity contribution is -0.137. The molecule has 1 atom stereocenters. The van der Waals surface area contributed by atoms with Crippen LogP contribution in [0.15, 0.2) is 24.7 Å². The van der Waals surface area contributed by atoms with Gasteiger partial charge >= 0.3 is 6.18 Å². The number of halogens is 3. The molecule has 4 heterocycles. The fourth-order valence-electron chi connectivity index (χ4n) is 4.42. The third kappa shape index (κ3) is 5.41. The number of pyridine rings is 1. The van der Waals surface area contributed by atoms with Gasteiger partial charge in [0, 0.05) is 48.7 Å². The number of aromatic amines is 1. The van der Waals surface area contributed by atoms with Crippen LogP contribution in [0.25, 0.3) is 27.1 Å². The van der Waals surface area contributed by atoms with Gasteiger partial charge in [0.15, 0.2) is 0 Å². The molecule has 0 aromatic carbocycles. The fourth-order valence-corrected chi connectivity index (χ4v) is 4.42. The van der Waals surface area contributed by atoms with Crippen molar-refractivity contribution in [3.8, 4) is 11.3 Å². The third-order valence-corrected chi connectivity index (χ3v) is 6.41. The molecule has 3 aromatic heterocycles. The van der Waals surface area contributed by atoms with Crippen molar-refractivity contribution in [1.29, 1.82) is 0 Å². The summed E-state index contributed by atoms with van der Waals surface area (Å²) in [5.41, 5.74) is 0.0912. The topological polar surface area (TPSA) is 94.4 Å². The molecule has 0 spiro atoms. The SMILES string of the molecule is [C-]#[N+]c1cnc(NC(C)C2CCN(C(=O)CN(C)C)CC2)nc1-c1c[nH]c2ncc(C(F)(F)F)cc12. The summed E-state index contributed by atoms with van der Waals surface area (Å²) in [5, 5.41) is 3.51. The molecule has 1 unspecified atom stereocenters. The summed E-state index contributed by atoms with van der Waals surface area (Å²) in [6.07, 6.45) is 0.754. The lowest BCUT2D eigenvalue weighted by Gasteiger charge is -2.35. The minimum atomic E-state index is -4.54. The molecule has 12 heteroatoms. The lowest BCUT2D eigenvalue weighted by Crippen LogP contribution is -2.45. The molecule has 1 aliphatic heterocycles. The molecule has 1 saturated heterocycles. The van der Waals surface area contributed by atoms with Gasteiger partial charge in [-0.15, -0.1) is 0 Å². The van der Waals surface area contributed by atoms with Crippen molar-refractivity contribution in [3.63, 3.8) is 0 Å². The molecule has 1 fully saturated rings. The Labute approximate surface area is 206 Å². The maximum Gasteiger partial charge on any atom is 0.417 e. The summed E-state index contributed by atoms with van der Waals surface area (Å²) in [4.78, 5) is 35.0. The van der Waals surface area contributed by atoms with Crippen LogP contribution < -0.4 is 5.32 Å². The van der Waals surface area contributed by atoms with E-state index in [-0.39, 0.29) is 46.2 Å². The lowest BCUT2D eigenvalue weighted by atomic mass is 9.90. The number of anilines is 1. The minimum absolute atomic E-state index is 0.00999. The number of H-pyrrole nitrogens is 1. The number of hydrogen-bond acceptors (Lipinski definition) is 6. The summed E-state index contributed by atoms with van der Waals surface area (Å²) in [5.74, 6) is 0.682. The number of likely N-dealkylation sites (tertiary alicyclic amines) is 1. The highest BCUT2D eigenvalue weighted by Crippen LogP contribution is 2.37. The van der Waals surface area contributed by atoms with Gasteiger partial charge in [0.2, 0.25) is 17.5 Å². The second kappa shape index (κ2) is 10.1. The quantitative estimate of drug-likeness (QED) is 0.493. The Hall–Kier alpha value is -3.72. The molecule has 36 heavy (non-hydrogen) atoms. The molecular formula is C24H27F3N8O. The van der Waals surface area contributed by atoms with Crippen molar-refractivity contribution in [1.82, 2.24) is 29.7 Å². The highest BCUT2D eigenvalue weighted by molar-refractivity contribution is 5.96. The molecule has 4 rings (SSSR count). The average molecular weight is 501 g/mol. The first-order chi connectivity index (χ1) is 17.1. The number of amides is 1. The molecule has 0 aliphatic carbocycles. The zero-order valence-electron chi connectivity index (χ0n) is 20.2. The van der Waals surface area contributed by atoms with E-state index in [1.807, 2.05) is 30.8 Å². The number of carbonyl (C=O) groups is 1. The van der Waals surface area contributed by atoms with Crippen LogP contribution in [-0.4, -0.2) is 75.4 Å². The fraction of sp³-hybridized carbons (Fsp3) is 0.458. The van der Waals surface area contributed by atoms with Crippen LogP contribution in [0.1, 0.15) is 25.3 Å². The van der Waals surface area contributed by atoms with Crippen LogP contribution in [0, 0.1) is 12.5 Å². The largest absolute Gasteiger partial charge is 0.417 e. The first-order valence-electron chi connectivity index (χ1n) is 11.5. The van der Waals surface area contributed by atoms with Crippen LogP contribution in [0.5, 0.6) is 0 Å². The van der Waals surface area contributed by atoms with E-state index in [0.717, 1.165) is 25.1 Å². The monoisotopic (exact) mass is 500 g/mol. The van der Waals surface area contributed by atoms with E-state index >= 15 is 0 Å². The number of nitrogens with zero attached hydrogens (tertiary/aromatic N) is 6. The van der Waals surface area contributed by atoms with E-state index in [1.165, 1.54) is 12.4 Å². The Morgan fingerprint density at radius 1 is 1.31 bits per heavy atom. The van der Waals surface area contributed by atoms with E-state index < -0.39 is 11.7 Å². The average Bonchev–Trinajstić information content (AvgIpc) is 3.26. The first kappa shape index (κ1) is 25.4. The van der Waals surface area contributed by atoms with Crippen LogP contribution in [0.4, 0.5) is 24.8 Å². The van der Waals surface area contributed by atoms with E-state index in [0.29, 0.717) is 25.2 Å². The number of carbonyl (C=O) groups excluding carboxylic acids is 1. The Balaban J connectivity index is 1.53. The molecular weight excluding hydrogens is 473 g/mol. The maximum atomic E-state index is 13.3. The molecule has 1 aliphatic rings. The predicted molar refractivity (Wildman–Crippen MR) is 129 cm³/mol. The Morgan fingerprint density at radius 2 is 2.03 bits per heavy atom. The molecule has 1 amide bonds. The van der Waals surface area contributed by atoms with Crippen LogP contribution >= 0.6 is 0 Å². The first-order valence-corrected chi connectivity index (χ1v) is 11.5. The number of hydrogen-bond donors (Lipinski definition) is 2. The van der Waals surface area contributed by atoms with Crippen molar-refractivity contribution in [2.24, 2.45) is 5.92 Å². The van der Waals surface area contributed by atoms with Gasteiger partial charge in [0.05, 0.1) is 24.4 Å². The molecule has 0 radical (unpaired) electrons. The normalized spacial score (nSPS) is 15.8. The standard InChI is InChI=1S/C24H27F3N8O/c1-14(15-5-7-35(8-6-15)20(36)13-34(3)4)32-23-31-12-19(28-2)21(33-23)18-11-30-22-17(18)9-16(10-29-22)24(25,26)27/h9-12,14-15H,5-8,13H2,1,3-4H3,(H,29,30)(H,31,32,33). The van der Waals surface area contributed by atoms with Crippen molar-refractivity contribution >= 4 is 28.6 Å². The maximum absolute atomic E-state index is 13.3. The van der Waals surface area contributed by atoms with Crippen LogP contribution in [0.2, 0.25) is 0 Å². The van der Waals surface area contributed by atoms with Crippen molar-refractivity contribution in [2.45, 2.75) is 32.0 Å². The number of aromatic nitrogens is 4. The van der Waals surface area contributed by atoms with E-state index in [2.05, 4.69) is 30.1 Å². The molecule has 190 valence electrons. The minimum Gasteiger partial charge on any atom is -0.352 e. The number of alkyl halides is 3. The van der Waals surface area contributed by atoms with E-state index in [9.17, 15) is 18.0 Å². The Morgan fingerprint density at radius 3 is 2.67 bits per heavy atom. The van der Waals surface area contributed by atoms with Gasteiger partial charge in [-0.2, -0.15) is 13.2 Å². The zero-order chi connectivity index (χ0) is 26.0. The highest BCUT2D eigenvalue weighted by Gasteiger charge is 2.32. The van der Waals surface area contributed by atoms with Gasteiger partial charge in [0.25, 0.3) is 0 Å². The predicted octanol–water partition coefficient (Wildman–Crippen LogP) is 4.19. The summed E-state index contributed by atoms with van der Waals surface area (Å²) in [6, 6.07) is 0.995. The van der Waals surface area contributed by atoms with Crippen molar-refractivity contribution < 1.29 is 18.0 Å². The van der Waals surface area contributed by atoms with E-state index in [4.69, 9.17) is 6.57 Å². The van der Waals surface area contributed by atoms with Crippen LogP contribution in [0.3, 0.4) is 0 Å². The van der Waals surface area contributed by atoms with Gasteiger partial charge in [0.1, 0.15) is 5.65 Å². The second-order valence-corrected chi connectivity index (χ2v) is 9.25. The van der Waals surface area contributed by atoms with Gasteiger partial charge in [-0.25, -0.2) is 19.8 Å². The molecule has 9 nitrogen and oxygen atoms in total. The highest BCUT2D eigenvalue weighted by atomic mass is 19.4. The number of piperidine rings is 1. The Bertz CT molecular complexity index is 1290. The molecule has 3 aromatic rings. The summed E-state index contributed by atoms with van der Waals surface area (Å²) in [6.45, 7) is 11.2. The van der Waals surface area contributed by atoms with Gasteiger partial charge in [-0.3, -0.25) is 4.79 Å². The van der Waals surface area contributed by atoms with Gasteiger partial charge < -0.3 is 20.1 Å². The summed E-state index contributed by atoms with van der Waals surface area (Å²) >= 11 is 0.